The van der Waals surface area contributed by atoms with E-state index in [4.69, 9.17) is 27.9 Å². The van der Waals surface area contributed by atoms with Crippen LogP contribution in [0.15, 0.2) is 48.7 Å². The second kappa shape index (κ2) is 8.79. The van der Waals surface area contributed by atoms with Crippen molar-refractivity contribution in [3.63, 3.8) is 0 Å². The molecule has 9 heteroatoms. The van der Waals surface area contributed by atoms with Crippen LogP contribution in [0.5, 0.6) is 0 Å². The molecule has 1 heterocycles. The van der Waals surface area contributed by atoms with Gasteiger partial charge in [-0.3, -0.25) is 4.57 Å². The third-order valence-corrected chi connectivity index (χ3v) is 5.05. The minimum Gasteiger partial charge on any atom is -0.443 e. The van der Waals surface area contributed by atoms with E-state index in [1.165, 1.54) is 16.8 Å². The summed E-state index contributed by atoms with van der Waals surface area (Å²) in [5.41, 5.74) is 0.0888. The number of alkyl halides is 3. The highest BCUT2D eigenvalue weighted by Gasteiger charge is 2.39. The Labute approximate surface area is 192 Å². The first-order valence-electron chi connectivity index (χ1n) is 9.50. The molecule has 0 saturated heterocycles. The normalized spacial score (nSPS) is 13.7. The predicted octanol–water partition coefficient (Wildman–Crippen LogP) is 8.23. The molecule has 0 fully saturated rings. The molecular formula is C23H19Cl2F4NO2. The Morgan fingerprint density at radius 2 is 1.69 bits per heavy atom. The molecule has 0 saturated carbocycles. The first kappa shape index (κ1) is 24.1. The Morgan fingerprint density at radius 3 is 2.25 bits per heavy atom. The maximum Gasteiger partial charge on any atom is 0.418 e. The molecule has 0 spiro atoms. The van der Waals surface area contributed by atoms with Crippen LogP contribution < -0.4 is 0 Å². The first-order chi connectivity index (χ1) is 14.8. The maximum absolute atomic E-state index is 13.7. The number of ether oxygens (including phenoxy) is 1. The summed E-state index contributed by atoms with van der Waals surface area (Å²) in [7, 11) is 0. The number of halogens is 6. The van der Waals surface area contributed by atoms with Crippen LogP contribution in [0.2, 0.25) is 10.0 Å². The van der Waals surface area contributed by atoms with Crippen LogP contribution in [0.25, 0.3) is 17.0 Å². The van der Waals surface area contributed by atoms with Crippen molar-refractivity contribution in [1.29, 1.82) is 0 Å². The summed E-state index contributed by atoms with van der Waals surface area (Å²) < 4.78 is 61.3. The number of benzene rings is 2. The Kier molecular flexibility index (Phi) is 6.63. The van der Waals surface area contributed by atoms with E-state index in [0.717, 1.165) is 18.2 Å². The van der Waals surface area contributed by atoms with Crippen molar-refractivity contribution in [3.8, 4) is 0 Å². The number of hydrogen-bond donors (Lipinski definition) is 0. The lowest BCUT2D eigenvalue weighted by molar-refractivity contribution is -0.139. The van der Waals surface area contributed by atoms with Gasteiger partial charge in [0.15, 0.2) is 5.82 Å². The summed E-state index contributed by atoms with van der Waals surface area (Å²) in [6, 6.07) is 8.33. The van der Waals surface area contributed by atoms with Crippen molar-refractivity contribution in [2.24, 2.45) is 0 Å². The monoisotopic (exact) mass is 487 g/mol. The second-order valence-corrected chi connectivity index (χ2v) is 8.98. The van der Waals surface area contributed by atoms with Gasteiger partial charge in [0.25, 0.3) is 0 Å². The highest BCUT2D eigenvalue weighted by molar-refractivity contribution is 6.35. The molecular weight excluding hydrogens is 469 g/mol. The van der Waals surface area contributed by atoms with Crippen molar-refractivity contribution in [1.82, 2.24) is 4.57 Å². The first-order valence-corrected chi connectivity index (χ1v) is 10.3. The van der Waals surface area contributed by atoms with Gasteiger partial charge in [0.05, 0.1) is 21.5 Å². The summed E-state index contributed by atoms with van der Waals surface area (Å²) in [4.78, 5) is 12.3. The summed E-state index contributed by atoms with van der Waals surface area (Å²) in [6.07, 6.45) is -1.42. The molecule has 3 rings (SSSR count). The third-order valence-electron chi connectivity index (χ3n) is 4.50. The van der Waals surface area contributed by atoms with E-state index in [1.54, 1.807) is 45.0 Å². The largest absolute Gasteiger partial charge is 0.443 e. The van der Waals surface area contributed by atoms with Gasteiger partial charge in [0.2, 0.25) is 0 Å². The summed E-state index contributed by atoms with van der Waals surface area (Å²) >= 11 is 11.3. The summed E-state index contributed by atoms with van der Waals surface area (Å²) in [6.45, 7) is 5.24. The van der Waals surface area contributed by atoms with E-state index in [1.807, 2.05) is 0 Å². The minimum atomic E-state index is -4.65. The molecule has 3 nitrogen and oxygen atoms in total. The summed E-state index contributed by atoms with van der Waals surface area (Å²) in [5.74, 6) is -3.01. The van der Waals surface area contributed by atoms with Crippen molar-refractivity contribution in [2.75, 3.05) is 0 Å². The zero-order valence-electron chi connectivity index (χ0n) is 17.3. The number of aromatic nitrogens is 1. The van der Waals surface area contributed by atoms with Crippen LogP contribution in [0, 0.1) is 5.82 Å². The SMILES string of the molecule is CC(C)(C)OC(=O)n1ccc2cc(/C=C/C(c3cc(Cl)c(F)c(Cl)c3)C(F)(F)F)ccc21. The highest BCUT2D eigenvalue weighted by atomic mass is 35.5. The number of rotatable bonds is 3. The third kappa shape index (κ3) is 5.45. The molecule has 32 heavy (non-hydrogen) atoms. The topological polar surface area (TPSA) is 31.2 Å². The zero-order chi connectivity index (χ0) is 23.8. The lowest BCUT2D eigenvalue weighted by atomic mass is 9.97. The number of nitrogens with zero attached hydrogens (tertiary/aromatic N) is 1. The van der Waals surface area contributed by atoms with Gasteiger partial charge in [-0.15, -0.1) is 0 Å². The number of carbonyl (C=O) groups is 1. The van der Waals surface area contributed by atoms with Crippen molar-refractivity contribution in [3.05, 3.63) is 75.7 Å². The van der Waals surface area contributed by atoms with Crippen molar-refractivity contribution >= 4 is 46.3 Å². The fourth-order valence-electron chi connectivity index (χ4n) is 3.11. The molecule has 0 bridgehead atoms. The van der Waals surface area contributed by atoms with Gasteiger partial charge in [-0.25, -0.2) is 9.18 Å². The molecule has 0 amide bonds. The molecule has 3 aromatic rings. The minimum absolute atomic E-state index is 0.276. The van der Waals surface area contributed by atoms with Crippen LogP contribution >= 0.6 is 23.2 Å². The standard InChI is InChI=1S/C23H19Cl2F4NO2/c1-22(2,3)32-21(31)30-9-8-14-10-13(5-7-19(14)30)4-6-16(23(27,28)29)15-11-17(24)20(26)18(25)12-15/h4-12,16H,1-3H3/b6-4+. The van der Waals surface area contributed by atoms with Gasteiger partial charge in [-0.05, 0) is 62.2 Å². The summed E-state index contributed by atoms with van der Waals surface area (Å²) in [5, 5.41) is -0.324. The number of fused-ring (bicyclic) bond motifs is 1. The van der Waals surface area contributed by atoms with Crippen LogP contribution in [0.4, 0.5) is 22.4 Å². The van der Waals surface area contributed by atoms with E-state index < -0.39 is 39.7 Å². The maximum atomic E-state index is 13.7. The Bertz CT molecular complexity index is 1170. The predicted molar refractivity (Wildman–Crippen MR) is 118 cm³/mol. The quantitative estimate of drug-likeness (QED) is 0.275. The van der Waals surface area contributed by atoms with Crippen LogP contribution in [-0.2, 0) is 4.74 Å². The van der Waals surface area contributed by atoms with Gasteiger partial charge < -0.3 is 4.74 Å². The van der Waals surface area contributed by atoms with Crippen molar-refractivity contribution in [2.45, 2.75) is 38.5 Å². The van der Waals surface area contributed by atoms with E-state index in [2.05, 4.69) is 0 Å². The lowest BCUT2D eigenvalue weighted by Gasteiger charge is -2.19. The average molecular weight is 488 g/mol. The Morgan fingerprint density at radius 1 is 1.06 bits per heavy atom. The number of hydrogen-bond acceptors (Lipinski definition) is 2. The fourth-order valence-corrected chi connectivity index (χ4v) is 3.61. The smallest absolute Gasteiger partial charge is 0.418 e. The zero-order valence-corrected chi connectivity index (χ0v) is 18.8. The van der Waals surface area contributed by atoms with Gasteiger partial charge in [0, 0.05) is 11.6 Å². The van der Waals surface area contributed by atoms with Crippen LogP contribution in [-0.4, -0.2) is 22.4 Å². The molecule has 0 aliphatic carbocycles. The molecule has 1 unspecified atom stereocenters. The van der Waals surface area contributed by atoms with E-state index >= 15 is 0 Å². The number of carbonyl (C=O) groups excluding carboxylic acids is 1. The molecule has 1 atom stereocenters. The molecule has 0 N–H and O–H groups in total. The molecule has 0 aliphatic heterocycles. The Balaban J connectivity index is 1.93. The number of allylic oxidation sites excluding steroid dienone is 1. The molecule has 1 aromatic heterocycles. The van der Waals surface area contributed by atoms with E-state index in [9.17, 15) is 22.4 Å². The van der Waals surface area contributed by atoms with Crippen LogP contribution in [0.1, 0.15) is 37.8 Å². The molecule has 2 aromatic carbocycles. The van der Waals surface area contributed by atoms with Gasteiger partial charge in [0.1, 0.15) is 5.60 Å². The Hall–Kier alpha value is -2.51. The average Bonchev–Trinajstić information content (AvgIpc) is 3.07. The van der Waals surface area contributed by atoms with Crippen LogP contribution in [0.3, 0.4) is 0 Å². The van der Waals surface area contributed by atoms with E-state index in [-0.39, 0.29) is 5.56 Å². The molecule has 0 aliphatic rings. The van der Waals surface area contributed by atoms with Crippen molar-refractivity contribution < 1.29 is 27.1 Å². The van der Waals surface area contributed by atoms with Gasteiger partial charge in [-0.1, -0.05) is 41.4 Å². The second-order valence-electron chi connectivity index (χ2n) is 8.16. The fraction of sp³-hybridized carbons (Fsp3) is 0.261. The molecule has 170 valence electrons. The van der Waals surface area contributed by atoms with Gasteiger partial charge in [-0.2, -0.15) is 13.2 Å². The van der Waals surface area contributed by atoms with E-state index in [0.29, 0.717) is 16.5 Å². The molecule has 0 radical (unpaired) electrons. The lowest BCUT2D eigenvalue weighted by Crippen LogP contribution is -2.26. The van der Waals surface area contributed by atoms with Gasteiger partial charge >= 0.3 is 12.3 Å². The highest BCUT2D eigenvalue weighted by Crippen LogP contribution is 2.39.